The topological polar surface area (TPSA) is 41.3 Å². The smallest absolute Gasteiger partial charge is 0.0576 e. The first kappa shape index (κ1) is 10.3. The second-order valence-electron chi connectivity index (χ2n) is 4.31. The molecule has 0 unspecified atom stereocenters. The van der Waals surface area contributed by atoms with Gasteiger partial charge in [0.2, 0.25) is 0 Å². The van der Waals surface area contributed by atoms with Gasteiger partial charge in [-0.2, -0.15) is 0 Å². The van der Waals surface area contributed by atoms with Gasteiger partial charge in [0.05, 0.1) is 11.4 Å². The van der Waals surface area contributed by atoms with E-state index >= 15 is 0 Å². The van der Waals surface area contributed by atoms with Gasteiger partial charge >= 0.3 is 0 Å². The predicted octanol–water partition coefficient (Wildman–Crippen LogP) is 1.77. The van der Waals surface area contributed by atoms with E-state index < -0.39 is 0 Å². The van der Waals surface area contributed by atoms with Gasteiger partial charge < -0.3 is 16.0 Å². The number of anilines is 2. The molecule has 1 aliphatic rings. The molecule has 2 rings (SSSR count). The van der Waals surface area contributed by atoms with Crippen molar-refractivity contribution in [3.63, 3.8) is 0 Å². The van der Waals surface area contributed by atoms with Crippen molar-refractivity contribution in [3.8, 4) is 0 Å². The molecular formula is C12H19N3. The van der Waals surface area contributed by atoms with Gasteiger partial charge in [0.1, 0.15) is 0 Å². The minimum absolute atomic E-state index is 0.575. The zero-order chi connectivity index (χ0) is 10.7. The largest absolute Gasteiger partial charge is 0.397 e. The van der Waals surface area contributed by atoms with Crippen molar-refractivity contribution in [2.75, 3.05) is 31.2 Å². The van der Waals surface area contributed by atoms with Crippen molar-refractivity contribution in [1.29, 1.82) is 0 Å². The number of para-hydroxylation sites is 2. The molecule has 3 nitrogen and oxygen atoms in total. The van der Waals surface area contributed by atoms with Gasteiger partial charge in [-0.25, -0.2) is 0 Å². The van der Waals surface area contributed by atoms with Crippen LogP contribution in [0.3, 0.4) is 0 Å². The first-order chi connectivity index (χ1) is 7.25. The van der Waals surface area contributed by atoms with Crippen LogP contribution in [-0.4, -0.2) is 31.1 Å². The number of nitrogens with one attached hydrogen (secondary N) is 1. The number of nitrogens with two attached hydrogens (primary N) is 1. The summed E-state index contributed by atoms with van der Waals surface area (Å²) in [5.41, 5.74) is 7.81. The van der Waals surface area contributed by atoms with Gasteiger partial charge in [-0.05, 0) is 45.1 Å². The van der Waals surface area contributed by atoms with Crippen LogP contribution in [0.25, 0.3) is 0 Å². The van der Waals surface area contributed by atoms with Crippen LogP contribution < -0.4 is 11.1 Å². The monoisotopic (exact) mass is 205 g/mol. The fourth-order valence-electron chi connectivity index (χ4n) is 2.00. The van der Waals surface area contributed by atoms with Crippen molar-refractivity contribution in [1.82, 2.24) is 4.90 Å². The Morgan fingerprint density at radius 1 is 1.27 bits per heavy atom. The van der Waals surface area contributed by atoms with E-state index in [4.69, 9.17) is 5.73 Å². The van der Waals surface area contributed by atoms with Crippen LogP contribution in [0, 0.1) is 0 Å². The van der Waals surface area contributed by atoms with Gasteiger partial charge in [-0.1, -0.05) is 12.1 Å². The molecule has 0 aliphatic carbocycles. The molecule has 0 bridgehead atoms. The predicted molar refractivity (Wildman–Crippen MR) is 65.0 cm³/mol. The van der Waals surface area contributed by atoms with E-state index in [2.05, 4.69) is 17.3 Å². The summed E-state index contributed by atoms with van der Waals surface area (Å²) in [4.78, 5) is 2.37. The second kappa shape index (κ2) is 4.53. The molecule has 3 N–H and O–H groups in total. The van der Waals surface area contributed by atoms with Crippen LogP contribution in [0.15, 0.2) is 24.3 Å². The van der Waals surface area contributed by atoms with Crippen molar-refractivity contribution < 1.29 is 0 Å². The average molecular weight is 205 g/mol. The maximum atomic E-state index is 5.89. The molecule has 1 heterocycles. The van der Waals surface area contributed by atoms with E-state index in [-0.39, 0.29) is 0 Å². The fraction of sp³-hybridized carbons (Fsp3) is 0.500. The van der Waals surface area contributed by atoms with Crippen LogP contribution in [0.4, 0.5) is 11.4 Å². The molecule has 3 heteroatoms. The molecule has 15 heavy (non-hydrogen) atoms. The summed E-state index contributed by atoms with van der Waals surface area (Å²) in [6.45, 7) is 2.34. The summed E-state index contributed by atoms with van der Waals surface area (Å²) < 4.78 is 0. The van der Waals surface area contributed by atoms with Crippen LogP contribution in [0.2, 0.25) is 0 Å². The zero-order valence-electron chi connectivity index (χ0n) is 9.24. The Balaban J connectivity index is 1.95. The molecule has 0 spiro atoms. The van der Waals surface area contributed by atoms with Crippen molar-refractivity contribution in [2.24, 2.45) is 0 Å². The van der Waals surface area contributed by atoms with E-state index in [1.54, 1.807) is 0 Å². The Morgan fingerprint density at radius 2 is 1.93 bits per heavy atom. The normalized spacial score (nSPS) is 19.0. The van der Waals surface area contributed by atoms with Crippen LogP contribution in [0.1, 0.15) is 12.8 Å². The summed E-state index contributed by atoms with van der Waals surface area (Å²) in [6, 6.07) is 8.55. The standard InChI is InChI=1S/C12H19N3/c1-15-8-6-10(7-9-15)14-12-5-3-2-4-11(12)13/h2-5,10,14H,6-9,13H2,1H3. The third kappa shape index (κ3) is 2.63. The molecule has 1 aromatic carbocycles. The number of hydrogen-bond acceptors (Lipinski definition) is 3. The van der Waals surface area contributed by atoms with Crippen LogP contribution >= 0.6 is 0 Å². The molecule has 1 fully saturated rings. The molecule has 1 aliphatic heterocycles. The average Bonchev–Trinajstić information content (AvgIpc) is 2.25. The summed E-state index contributed by atoms with van der Waals surface area (Å²) in [7, 11) is 2.17. The third-order valence-corrected chi connectivity index (χ3v) is 3.04. The van der Waals surface area contributed by atoms with E-state index in [9.17, 15) is 0 Å². The zero-order valence-corrected chi connectivity index (χ0v) is 9.24. The molecule has 0 saturated carbocycles. The van der Waals surface area contributed by atoms with Gasteiger partial charge in [0, 0.05) is 6.04 Å². The van der Waals surface area contributed by atoms with E-state index in [1.165, 1.54) is 25.9 Å². The third-order valence-electron chi connectivity index (χ3n) is 3.04. The highest BCUT2D eigenvalue weighted by Gasteiger charge is 2.16. The number of piperidine rings is 1. The first-order valence-electron chi connectivity index (χ1n) is 5.55. The van der Waals surface area contributed by atoms with Crippen molar-refractivity contribution >= 4 is 11.4 Å². The van der Waals surface area contributed by atoms with E-state index in [1.807, 2.05) is 24.3 Å². The molecule has 0 aromatic heterocycles. The number of nitrogens with zero attached hydrogens (tertiary/aromatic N) is 1. The quantitative estimate of drug-likeness (QED) is 0.723. The molecule has 82 valence electrons. The lowest BCUT2D eigenvalue weighted by Gasteiger charge is -2.30. The molecule has 0 atom stereocenters. The Hall–Kier alpha value is -1.22. The van der Waals surface area contributed by atoms with Crippen molar-refractivity contribution in [2.45, 2.75) is 18.9 Å². The Labute approximate surface area is 91.3 Å². The van der Waals surface area contributed by atoms with Crippen LogP contribution in [0.5, 0.6) is 0 Å². The summed E-state index contributed by atoms with van der Waals surface area (Å²) in [5, 5.41) is 3.52. The highest BCUT2D eigenvalue weighted by atomic mass is 15.1. The fourth-order valence-corrected chi connectivity index (χ4v) is 2.00. The van der Waals surface area contributed by atoms with Gasteiger partial charge in [-0.3, -0.25) is 0 Å². The molecule has 1 saturated heterocycles. The highest BCUT2D eigenvalue weighted by Crippen LogP contribution is 2.21. The Bertz CT molecular complexity index is 316. The summed E-state index contributed by atoms with van der Waals surface area (Å²) >= 11 is 0. The minimum Gasteiger partial charge on any atom is -0.397 e. The number of hydrogen-bond donors (Lipinski definition) is 2. The maximum absolute atomic E-state index is 5.89. The summed E-state index contributed by atoms with van der Waals surface area (Å²) in [6.07, 6.45) is 2.40. The Morgan fingerprint density at radius 3 is 2.60 bits per heavy atom. The van der Waals surface area contributed by atoms with Gasteiger partial charge in [0.25, 0.3) is 0 Å². The van der Waals surface area contributed by atoms with E-state index in [0.29, 0.717) is 6.04 Å². The van der Waals surface area contributed by atoms with Crippen molar-refractivity contribution in [3.05, 3.63) is 24.3 Å². The maximum Gasteiger partial charge on any atom is 0.0576 e. The van der Waals surface area contributed by atoms with Gasteiger partial charge in [-0.15, -0.1) is 0 Å². The molecule has 0 amide bonds. The molecule has 0 radical (unpaired) electrons. The second-order valence-corrected chi connectivity index (χ2v) is 4.31. The lowest BCUT2D eigenvalue weighted by Crippen LogP contribution is -2.36. The molecule has 1 aromatic rings. The SMILES string of the molecule is CN1CCC(Nc2ccccc2N)CC1. The van der Waals surface area contributed by atoms with E-state index in [0.717, 1.165) is 11.4 Å². The lowest BCUT2D eigenvalue weighted by atomic mass is 10.1. The van der Waals surface area contributed by atoms with Gasteiger partial charge in [0.15, 0.2) is 0 Å². The summed E-state index contributed by atoms with van der Waals surface area (Å²) in [5.74, 6) is 0. The highest BCUT2D eigenvalue weighted by molar-refractivity contribution is 5.65. The number of nitrogen functional groups attached to an aromatic ring is 1. The van der Waals surface area contributed by atoms with Crippen LogP contribution in [-0.2, 0) is 0 Å². The minimum atomic E-state index is 0.575. The molecular weight excluding hydrogens is 186 g/mol. The number of rotatable bonds is 2. The number of benzene rings is 1. The first-order valence-corrected chi connectivity index (χ1v) is 5.55. The lowest BCUT2D eigenvalue weighted by molar-refractivity contribution is 0.264. The Kier molecular flexibility index (Phi) is 3.11. The number of likely N-dealkylation sites (tertiary alicyclic amines) is 1.